The van der Waals surface area contributed by atoms with Gasteiger partial charge in [-0.3, -0.25) is 10.2 Å². The normalized spacial score (nSPS) is 11.0. The van der Waals surface area contributed by atoms with E-state index >= 15 is 0 Å². The number of hydrazine groups is 1. The van der Waals surface area contributed by atoms with E-state index < -0.39 is 15.9 Å². The molecule has 0 aliphatic carbocycles. The minimum atomic E-state index is -3.47. The van der Waals surface area contributed by atoms with E-state index in [2.05, 4.69) is 0 Å². The van der Waals surface area contributed by atoms with Gasteiger partial charge in [0.25, 0.3) is 5.91 Å². The van der Waals surface area contributed by atoms with E-state index in [1.807, 2.05) is 10.3 Å². The van der Waals surface area contributed by atoms with Gasteiger partial charge in [0.1, 0.15) is 5.75 Å². The fourth-order valence-corrected chi connectivity index (χ4v) is 1.10. The second kappa shape index (κ2) is 4.28. The molecule has 1 rings (SSSR count). The van der Waals surface area contributed by atoms with Crippen molar-refractivity contribution in [1.82, 2.24) is 10.3 Å². The second-order valence-electron chi connectivity index (χ2n) is 2.88. The zero-order valence-corrected chi connectivity index (χ0v) is 8.71. The number of nitrogens with one attached hydrogen (secondary N) is 2. The van der Waals surface area contributed by atoms with Gasteiger partial charge in [-0.1, -0.05) is 0 Å². The molecule has 0 aromatic heterocycles. The van der Waals surface area contributed by atoms with E-state index in [9.17, 15) is 13.2 Å². The summed E-state index contributed by atoms with van der Waals surface area (Å²) in [5, 5.41) is 8.95. The Bertz CT molecular complexity index is 452. The van der Waals surface area contributed by atoms with E-state index in [4.69, 9.17) is 5.11 Å². The summed E-state index contributed by atoms with van der Waals surface area (Å²) in [5.74, 6) is -0.567. The van der Waals surface area contributed by atoms with Gasteiger partial charge in [0.2, 0.25) is 10.0 Å². The van der Waals surface area contributed by atoms with E-state index in [1.54, 1.807) is 0 Å². The van der Waals surface area contributed by atoms with Crippen LogP contribution in [0.1, 0.15) is 10.4 Å². The van der Waals surface area contributed by atoms with Gasteiger partial charge in [-0.15, -0.1) is 4.83 Å². The first-order valence-electron chi connectivity index (χ1n) is 3.94. The molecule has 15 heavy (non-hydrogen) atoms. The molecular weight excluding hydrogens is 220 g/mol. The number of hydrogen-bond donors (Lipinski definition) is 3. The minimum Gasteiger partial charge on any atom is -0.508 e. The van der Waals surface area contributed by atoms with Crippen LogP contribution in [0.4, 0.5) is 0 Å². The van der Waals surface area contributed by atoms with Crippen LogP contribution in [0.3, 0.4) is 0 Å². The molecule has 0 saturated carbocycles. The third-order valence-corrected chi connectivity index (χ3v) is 1.95. The maximum absolute atomic E-state index is 11.3. The average molecular weight is 230 g/mol. The van der Waals surface area contributed by atoms with Crippen molar-refractivity contribution in [3.8, 4) is 5.75 Å². The van der Waals surface area contributed by atoms with Gasteiger partial charge in [0.15, 0.2) is 0 Å². The van der Waals surface area contributed by atoms with E-state index in [1.165, 1.54) is 24.3 Å². The van der Waals surface area contributed by atoms with Crippen LogP contribution in [0.25, 0.3) is 0 Å². The molecule has 3 N–H and O–H groups in total. The number of hydrogen-bond acceptors (Lipinski definition) is 4. The van der Waals surface area contributed by atoms with Crippen molar-refractivity contribution in [1.29, 1.82) is 0 Å². The summed E-state index contributed by atoms with van der Waals surface area (Å²) in [6.45, 7) is 0. The highest BCUT2D eigenvalue weighted by atomic mass is 32.2. The molecule has 6 nitrogen and oxygen atoms in total. The Balaban J connectivity index is 2.66. The van der Waals surface area contributed by atoms with E-state index in [0.29, 0.717) is 0 Å². The monoisotopic (exact) mass is 230 g/mol. The number of phenols is 1. The summed E-state index contributed by atoms with van der Waals surface area (Å²) < 4.78 is 21.3. The quantitative estimate of drug-likeness (QED) is 0.615. The molecule has 0 atom stereocenters. The lowest BCUT2D eigenvalue weighted by Crippen LogP contribution is -2.40. The van der Waals surface area contributed by atoms with Gasteiger partial charge >= 0.3 is 0 Å². The number of carbonyl (C=O) groups excluding carboxylic acids is 1. The predicted octanol–water partition coefficient (Wildman–Crippen LogP) is -0.414. The maximum atomic E-state index is 11.3. The molecule has 1 amide bonds. The van der Waals surface area contributed by atoms with E-state index in [0.717, 1.165) is 6.26 Å². The van der Waals surface area contributed by atoms with Gasteiger partial charge in [-0.05, 0) is 24.3 Å². The zero-order valence-electron chi connectivity index (χ0n) is 7.89. The first kappa shape index (κ1) is 11.5. The molecule has 0 saturated heterocycles. The van der Waals surface area contributed by atoms with Gasteiger partial charge in [-0.25, -0.2) is 8.42 Å². The van der Waals surface area contributed by atoms with Crippen molar-refractivity contribution in [2.45, 2.75) is 0 Å². The SMILES string of the molecule is CS(=O)(=O)NNC(=O)c1ccc(O)cc1. The summed E-state index contributed by atoms with van der Waals surface area (Å²) in [6.07, 6.45) is 0.921. The fourth-order valence-electron chi connectivity index (χ4n) is 0.824. The molecule has 1 aromatic rings. The number of sulfonamides is 1. The van der Waals surface area contributed by atoms with Gasteiger partial charge < -0.3 is 5.11 Å². The number of phenolic OH excluding ortho intramolecular Hbond substituents is 1. The van der Waals surface area contributed by atoms with E-state index in [-0.39, 0.29) is 11.3 Å². The Morgan fingerprint density at radius 3 is 2.27 bits per heavy atom. The summed E-state index contributed by atoms with van der Waals surface area (Å²) in [6, 6.07) is 5.40. The smallest absolute Gasteiger partial charge is 0.266 e. The van der Waals surface area contributed by atoms with Gasteiger partial charge in [-0.2, -0.15) is 0 Å². The molecular formula is C8H10N2O4S. The summed E-state index contributed by atoms with van der Waals surface area (Å²) in [5.41, 5.74) is 2.24. The molecule has 0 aliphatic rings. The Kier molecular flexibility index (Phi) is 3.28. The van der Waals surface area contributed by atoms with Crippen LogP contribution in [0, 0.1) is 0 Å². The summed E-state index contributed by atoms with van der Waals surface area (Å²) in [4.78, 5) is 13.1. The molecule has 0 heterocycles. The van der Waals surface area contributed by atoms with Crippen LogP contribution in [0.15, 0.2) is 24.3 Å². The Morgan fingerprint density at radius 1 is 1.27 bits per heavy atom. The maximum Gasteiger partial charge on any atom is 0.266 e. The third kappa shape index (κ3) is 3.96. The van der Waals surface area contributed by atoms with Crippen molar-refractivity contribution in [2.24, 2.45) is 0 Å². The van der Waals surface area contributed by atoms with Crippen molar-refractivity contribution in [2.75, 3.05) is 6.26 Å². The topological polar surface area (TPSA) is 95.5 Å². The Morgan fingerprint density at radius 2 is 1.80 bits per heavy atom. The van der Waals surface area contributed by atoms with Crippen LogP contribution in [-0.4, -0.2) is 25.7 Å². The molecule has 7 heteroatoms. The second-order valence-corrected chi connectivity index (χ2v) is 4.62. The molecule has 1 aromatic carbocycles. The zero-order chi connectivity index (χ0) is 11.5. The molecule has 0 aliphatic heterocycles. The molecule has 0 spiro atoms. The third-order valence-electron chi connectivity index (χ3n) is 1.48. The lowest BCUT2D eigenvalue weighted by atomic mass is 10.2. The lowest BCUT2D eigenvalue weighted by Gasteiger charge is -2.04. The minimum absolute atomic E-state index is 0.0302. The number of rotatable bonds is 3. The van der Waals surface area contributed by atoms with Gasteiger partial charge in [0, 0.05) is 5.56 Å². The largest absolute Gasteiger partial charge is 0.508 e. The predicted molar refractivity (Wildman–Crippen MR) is 53.6 cm³/mol. The summed E-state index contributed by atoms with van der Waals surface area (Å²) >= 11 is 0. The molecule has 0 unspecified atom stereocenters. The van der Waals surface area contributed by atoms with Crippen molar-refractivity contribution in [3.63, 3.8) is 0 Å². The molecule has 0 fully saturated rings. The first-order valence-corrected chi connectivity index (χ1v) is 5.84. The Labute approximate surface area is 86.9 Å². The van der Waals surface area contributed by atoms with Crippen LogP contribution < -0.4 is 10.3 Å². The van der Waals surface area contributed by atoms with Crippen LogP contribution in [-0.2, 0) is 10.0 Å². The van der Waals surface area contributed by atoms with Crippen molar-refractivity contribution < 1.29 is 18.3 Å². The van der Waals surface area contributed by atoms with Crippen molar-refractivity contribution >= 4 is 15.9 Å². The van der Waals surface area contributed by atoms with Crippen molar-refractivity contribution in [3.05, 3.63) is 29.8 Å². The Hall–Kier alpha value is -1.60. The number of benzene rings is 1. The number of carbonyl (C=O) groups is 1. The van der Waals surface area contributed by atoms with Crippen LogP contribution >= 0.6 is 0 Å². The highest BCUT2D eigenvalue weighted by Gasteiger charge is 2.07. The fraction of sp³-hybridized carbons (Fsp3) is 0.125. The highest BCUT2D eigenvalue weighted by molar-refractivity contribution is 7.88. The van der Waals surface area contributed by atoms with Crippen LogP contribution in [0.5, 0.6) is 5.75 Å². The lowest BCUT2D eigenvalue weighted by molar-refractivity contribution is 0.0945. The molecule has 0 radical (unpaired) electrons. The standard InChI is InChI=1S/C8H10N2O4S/c1-15(13,14)10-9-8(12)6-2-4-7(11)5-3-6/h2-5,10-11H,1H3,(H,9,12). The highest BCUT2D eigenvalue weighted by Crippen LogP contribution is 2.08. The number of aromatic hydroxyl groups is 1. The average Bonchev–Trinajstić information content (AvgIpc) is 2.14. The number of amides is 1. The van der Waals surface area contributed by atoms with Crippen LogP contribution in [0.2, 0.25) is 0 Å². The molecule has 82 valence electrons. The molecule has 0 bridgehead atoms. The van der Waals surface area contributed by atoms with Gasteiger partial charge in [0.05, 0.1) is 6.26 Å². The first-order chi connectivity index (χ1) is 6.88. The summed E-state index contributed by atoms with van der Waals surface area (Å²) in [7, 11) is -3.47.